The largest absolute Gasteiger partial charge is 0.490 e. The molecule has 0 radical (unpaired) electrons. The Labute approximate surface area is 143 Å². The summed E-state index contributed by atoms with van der Waals surface area (Å²) in [4.78, 5) is 6.86. The fourth-order valence-corrected chi connectivity index (χ4v) is 4.01. The van der Waals surface area contributed by atoms with Gasteiger partial charge in [-0.1, -0.05) is 12.1 Å². The number of aromatic nitrogens is 3. The van der Waals surface area contributed by atoms with Crippen molar-refractivity contribution in [2.24, 2.45) is 0 Å². The van der Waals surface area contributed by atoms with Crippen LogP contribution in [-0.4, -0.2) is 39.3 Å². The molecule has 5 nitrogen and oxygen atoms in total. The van der Waals surface area contributed by atoms with Crippen molar-refractivity contribution in [2.45, 2.75) is 57.1 Å². The molecule has 0 unspecified atom stereocenters. The first-order valence-electron chi connectivity index (χ1n) is 9.20. The number of aromatic amines is 1. The van der Waals surface area contributed by atoms with E-state index in [1.165, 1.54) is 44.1 Å². The maximum absolute atomic E-state index is 6.14. The number of hydrogen-bond donors (Lipinski definition) is 1. The van der Waals surface area contributed by atoms with Crippen molar-refractivity contribution < 1.29 is 4.74 Å². The second-order valence-corrected chi connectivity index (χ2v) is 7.12. The molecule has 1 aromatic heterocycles. The Bertz CT molecular complexity index is 637. The highest BCUT2D eigenvalue weighted by atomic mass is 16.5. The van der Waals surface area contributed by atoms with Crippen molar-refractivity contribution in [3.05, 3.63) is 42.0 Å². The van der Waals surface area contributed by atoms with Crippen LogP contribution in [-0.2, 0) is 6.54 Å². The van der Waals surface area contributed by atoms with Gasteiger partial charge in [-0.3, -0.25) is 10.00 Å². The first-order chi connectivity index (χ1) is 11.9. The van der Waals surface area contributed by atoms with E-state index in [1.54, 1.807) is 6.33 Å². The summed E-state index contributed by atoms with van der Waals surface area (Å²) in [5.41, 5.74) is 1.34. The van der Waals surface area contributed by atoms with Gasteiger partial charge in [-0.05, 0) is 62.8 Å². The first-order valence-corrected chi connectivity index (χ1v) is 9.20. The molecule has 1 saturated carbocycles. The monoisotopic (exact) mass is 326 g/mol. The fraction of sp³-hybridized carbons (Fsp3) is 0.579. The Balaban J connectivity index is 1.37. The predicted octanol–water partition coefficient (Wildman–Crippen LogP) is 3.51. The number of nitrogens with zero attached hydrogens (tertiary/aromatic N) is 3. The molecule has 1 aromatic carbocycles. The van der Waals surface area contributed by atoms with Gasteiger partial charge in [0.2, 0.25) is 0 Å². The second kappa shape index (κ2) is 7.34. The van der Waals surface area contributed by atoms with E-state index >= 15 is 0 Å². The topological polar surface area (TPSA) is 54.0 Å². The van der Waals surface area contributed by atoms with Gasteiger partial charge in [-0.15, -0.1) is 0 Å². The third-order valence-electron chi connectivity index (χ3n) is 5.24. The van der Waals surface area contributed by atoms with Gasteiger partial charge in [-0.25, -0.2) is 4.98 Å². The molecule has 2 aliphatic rings. The second-order valence-electron chi connectivity index (χ2n) is 7.12. The molecule has 128 valence electrons. The van der Waals surface area contributed by atoms with Crippen LogP contribution < -0.4 is 4.74 Å². The number of ether oxygens (including phenoxy) is 1. The lowest BCUT2D eigenvalue weighted by Crippen LogP contribution is -2.34. The summed E-state index contributed by atoms with van der Waals surface area (Å²) >= 11 is 0. The van der Waals surface area contributed by atoms with Gasteiger partial charge in [0.1, 0.15) is 17.9 Å². The van der Waals surface area contributed by atoms with E-state index in [0.717, 1.165) is 31.2 Å². The Morgan fingerprint density at radius 1 is 1.17 bits per heavy atom. The molecule has 1 N–H and O–H groups in total. The Morgan fingerprint density at radius 3 is 2.92 bits per heavy atom. The molecule has 1 saturated heterocycles. The van der Waals surface area contributed by atoms with Gasteiger partial charge < -0.3 is 4.74 Å². The number of piperidine rings is 1. The van der Waals surface area contributed by atoms with E-state index in [4.69, 9.17) is 4.74 Å². The highest BCUT2D eigenvalue weighted by Gasteiger charge is 2.23. The van der Waals surface area contributed by atoms with E-state index in [0.29, 0.717) is 12.0 Å². The average molecular weight is 326 g/mol. The zero-order valence-electron chi connectivity index (χ0n) is 14.2. The summed E-state index contributed by atoms with van der Waals surface area (Å²) in [6.45, 7) is 3.17. The van der Waals surface area contributed by atoms with Gasteiger partial charge in [0.25, 0.3) is 0 Å². The highest BCUT2D eigenvalue weighted by molar-refractivity contribution is 5.29. The predicted molar refractivity (Wildman–Crippen MR) is 93.0 cm³/mol. The van der Waals surface area contributed by atoms with E-state index in [2.05, 4.69) is 44.3 Å². The van der Waals surface area contributed by atoms with Crippen molar-refractivity contribution in [1.82, 2.24) is 20.1 Å². The summed E-state index contributed by atoms with van der Waals surface area (Å²) in [6.07, 6.45) is 9.46. The number of nitrogens with one attached hydrogen (secondary N) is 1. The van der Waals surface area contributed by atoms with Gasteiger partial charge in [0.05, 0.1) is 6.10 Å². The molecule has 0 bridgehead atoms. The lowest BCUT2D eigenvalue weighted by Gasteiger charge is -2.31. The maximum atomic E-state index is 6.14. The van der Waals surface area contributed by atoms with Crippen molar-refractivity contribution in [1.29, 1.82) is 0 Å². The molecule has 2 heterocycles. The molecular weight excluding hydrogens is 300 g/mol. The lowest BCUT2D eigenvalue weighted by atomic mass is 9.97. The van der Waals surface area contributed by atoms with Crippen molar-refractivity contribution in [3.8, 4) is 5.75 Å². The Kier molecular flexibility index (Phi) is 4.78. The van der Waals surface area contributed by atoms with E-state index in [-0.39, 0.29) is 0 Å². The Morgan fingerprint density at radius 2 is 2.08 bits per heavy atom. The Hall–Kier alpha value is -1.88. The fourth-order valence-electron chi connectivity index (χ4n) is 4.01. The van der Waals surface area contributed by atoms with E-state index in [1.807, 2.05) is 0 Å². The van der Waals surface area contributed by atoms with Crippen molar-refractivity contribution in [3.63, 3.8) is 0 Å². The average Bonchev–Trinajstić information content (AvgIpc) is 3.29. The molecular formula is C19H26N4O. The molecule has 2 fully saturated rings. The molecule has 4 rings (SSSR count). The summed E-state index contributed by atoms with van der Waals surface area (Å²) < 4.78 is 6.14. The quantitative estimate of drug-likeness (QED) is 0.913. The smallest absolute Gasteiger partial charge is 0.137 e. The number of benzene rings is 1. The normalized spacial score (nSPS) is 22.8. The van der Waals surface area contributed by atoms with Crippen LogP contribution in [0.15, 0.2) is 30.6 Å². The molecule has 5 heteroatoms. The van der Waals surface area contributed by atoms with Crippen LogP contribution in [0.4, 0.5) is 0 Å². The minimum absolute atomic E-state index is 0.422. The molecule has 1 atom stereocenters. The number of rotatable bonds is 5. The van der Waals surface area contributed by atoms with Crippen molar-refractivity contribution in [2.75, 3.05) is 13.1 Å². The van der Waals surface area contributed by atoms with Gasteiger partial charge in [0, 0.05) is 19.0 Å². The van der Waals surface area contributed by atoms with E-state index in [9.17, 15) is 0 Å². The van der Waals surface area contributed by atoms with Crippen LogP contribution in [0.2, 0.25) is 0 Å². The third kappa shape index (κ3) is 3.78. The van der Waals surface area contributed by atoms with Crippen LogP contribution in [0, 0.1) is 0 Å². The maximum Gasteiger partial charge on any atom is 0.137 e. The third-order valence-corrected chi connectivity index (χ3v) is 5.24. The van der Waals surface area contributed by atoms with Gasteiger partial charge in [0.15, 0.2) is 0 Å². The van der Waals surface area contributed by atoms with Crippen LogP contribution in [0.5, 0.6) is 5.75 Å². The number of hydrogen-bond acceptors (Lipinski definition) is 4. The van der Waals surface area contributed by atoms with Crippen molar-refractivity contribution >= 4 is 0 Å². The summed E-state index contributed by atoms with van der Waals surface area (Å²) in [5, 5.41) is 7.03. The molecule has 1 aliphatic heterocycles. The minimum atomic E-state index is 0.422. The zero-order valence-corrected chi connectivity index (χ0v) is 14.2. The minimum Gasteiger partial charge on any atom is -0.490 e. The first kappa shape index (κ1) is 15.6. The standard InChI is InChI=1S/C19H26N4O/c1-2-8-17(7-1)24-18-9-3-5-15(11-18)12-23-10-4-6-16(13-23)19-20-14-21-22-19/h3,5,9,11,14,16-17H,1-2,4,6-8,10,12-13H2,(H,20,21,22)/t16-/m1/s1. The zero-order chi connectivity index (χ0) is 16.2. The molecule has 0 spiro atoms. The van der Waals surface area contributed by atoms with Crippen LogP contribution in [0.1, 0.15) is 55.8 Å². The molecule has 0 amide bonds. The SMILES string of the molecule is c1cc(CN2CCC[C@@H](c3ncn[nH]3)C2)cc(OC2CCCC2)c1. The van der Waals surface area contributed by atoms with E-state index < -0.39 is 0 Å². The number of H-pyrrole nitrogens is 1. The summed E-state index contributed by atoms with van der Waals surface area (Å²) in [6, 6.07) is 8.64. The summed E-state index contributed by atoms with van der Waals surface area (Å²) in [5.74, 6) is 2.53. The van der Waals surface area contributed by atoms with Gasteiger partial charge in [-0.2, -0.15) is 5.10 Å². The van der Waals surface area contributed by atoms with Gasteiger partial charge >= 0.3 is 0 Å². The molecule has 24 heavy (non-hydrogen) atoms. The lowest BCUT2D eigenvalue weighted by molar-refractivity contribution is 0.194. The highest BCUT2D eigenvalue weighted by Crippen LogP contribution is 2.27. The molecule has 2 aromatic rings. The molecule has 1 aliphatic carbocycles. The van der Waals surface area contributed by atoms with Crippen LogP contribution in [0.3, 0.4) is 0 Å². The van der Waals surface area contributed by atoms with Crippen LogP contribution in [0.25, 0.3) is 0 Å². The van der Waals surface area contributed by atoms with Crippen LogP contribution >= 0.6 is 0 Å². The summed E-state index contributed by atoms with van der Waals surface area (Å²) in [7, 11) is 0. The number of likely N-dealkylation sites (tertiary alicyclic amines) is 1.